The lowest BCUT2D eigenvalue weighted by Crippen LogP contribution is -2.33. The fourth-order valence-corrected chi connectivity index (χ4v) is 2.40. The number of benzene rings is 1. The standard InChI is InChI=1S/C19H22N4O6/c1-12(24)13-7-6-8-14(9-13)28-18-16(23(26)27)17(20-11-21-18)22(5)10-15(25)29-19(2,3)4/h6-9,11H,10H2,1-5H3. The van der Waals surface area contributed by atoms with Crippen LogP contribution in [0.25, 0.3) is 0 Å². The van der Waals surface area contributed by atoms with Gasteiger partial charge in [-0.3, -0.25) is 19.7 Å². The van der Waals surface area contributed by atoms with Gasteiger partial charge in [0.15, 0.2) is 5.78 Å². The number of rotatable bonds is 7. The summed E-state index contributed by atoms with van der Waals surface area (Å²) < 4.78 is 10.8. The summed E-state index contributed by atoms with van der Waals surface area (Å²) in [6.07, 6.45) is 1.10. The quantitative estimate of drug-likeness (QED) is 0.297. The molecule has 1 aromatic carbocycles. The van der Waals surface area contributed by atoms with Crippen molar-refractivity contribution in [1.82, 2.24) is 9.97 Å². The highest BCUT2D eigenvalue weighted by molar-refractivity contribution is 5.94. The Morgan fingerprint density at radius 3 is 2.52 bits per heavy atom. The number of nitro groups is 1. The maximum Gasteiger partial charge on any atom is 0.373 e. The van der Waals surface area contributed by atoms with Crippen LogP contribution in [0.5, 0.6) is 11.6 Å². The van der Waals surface area contributed by atoms with E-state index in [0.29, 0.717) is 5.56 Å². The third-order valence-corrected chi connectivity index (χ3v) is 3.55. The molecule has 0 saturated carbocycles. The summed E-state index contributed by atoms with van der Waals surface area (Å²) in [5.74, 6) is -0.944. The van der Waals surface area contributed by atoms with E-state index in [-0.39, 0.29) is 29.8 Å². The van der Waals surface area contributed by atoms with Crippen molar-refractivity contribution in [1.29, 1.82) is 0 Å². The summed E-state index contributed by atoms with van der Waals surface area (Å²) in [6, 6.07) is 6.19. The summed E-state index contributed by atoms with van der Waals surface area (Å²) in [7, 11) is 1.47. The van der Waals surface area contributed by atoms with Gasteiger partial charge in [-0.1, -0.05) is 12.1 Å². The fraction of sp³-hybridized carbons (Fsp3) is 0.368. The smallest absolute Gasteiger partial charge is 0.373 e. The number of esters is 1. The van der Waals surface area contributed by atoms with Crippen molar-refractivity contribution in [2.24, 2.45) is 0 Å². The molecule has 2 rings (SSSR count). The Balaban J connectivity index is 2.34. The van der Waals surface area contributed by atoms with Crippen molar-refractivity contribution in [3.8, 4) is 11.6 Å². The van der Waals surface area contributed by atoms with Crippen LogP contribution < -0.4 is 9.64 Å². The monoisotopic (exact) mass is 402 g/mol. The lowest BCUT2D eigenvalue weighted by Gasteiger charge is -2.23. The van der Waals surface area contributed by atoms with Gasteiger partial charge in [0.05, 0.1) is 4.92 Å². The number of carbonyl (C=O) groups is 2. The van der Waals surface area contributed by atoms with Crippen molar-refractivity contribution in [3.05, 3.63) is 46.3 Å². The second kappa shape index (κ2) is 8.63. The summed E-state index contributed by atoms with van der Waals surface area (Å²) >= 11 is 0. The van der Waals surface area contributed by atoms with E-state index < -0.39 is 22.2 Å². The average molecular weight is 402 g/mol. The van der Waals surface area contributed by atoms with Gasteiger partial charge in [0.2, 0.25) is 5.82 Å². The third-order valence-electron chi connectivity index (χ3n) is 3.55. The zero-order chi connectivity index (χ0) is 21.8. The Labute approximate surface area is 167 Å². The Bertz CT molecular complexity index is 939. The molecule has 2 aromatic rings. The zero-order valence-electron chi connectivity index (χ0n) is 16.8. The molecule has 0 aliphatic rings. The first-order valence-electron chi connectivity index (χ1n) is 8.69. The van der Waals surface area contributed by atoms with Crippen LogP contribution in [0.2, 0.25) is 0 Å². The topological polar surface area (TPSA) is 125 Å². The van der Waals surface area contributed by atoms with E-state index >= 15 is 0 Å². The number of ether oxygens (including phenoxy) is 2. The number of hydrogen-bond acceptors (Lipinski definition) is 9. The van der Waals surface area contributed by atoms with Gasteiger partial charge in [-0.2, -0.15) is 4.98 Å². The van der Waals surface area contributed by atoms with Crippen molar-refractivity contribution < 1.29 is 24.0 Å². The molecule has 10 nitrogen and oxygen atoms in total. The van der Waals surface area contributed by atoms with Crippen molar-refractivity contribution in [2.45, 2.75) is 33.3 Å². The number of nitrogens with zero attached hydrogens (tertiary/aromatic N) is 4. The Morgan fingerprint density at radius 1 is 1.24 bits per heavy atom. The molecule has 29 heavy (non-hydrogen) atoms. The SMILES string of the molecule is CC(=O)c1cccc(Oc2ncnc(N(C)CC(=O)OC(C)(C)C)c2[N+](=O)[O-])c1. The lowest BCUT2D eigenvalue weighted by atomic mass is 10.1. The van der Waals surface area contributed by atoms with Crippen molar-refractivity contribution >= 4 is 23.3 Å². The van der Waals surface area contributed by atoms with Gasteiger partial charge in [0.1, 0.15) is 24.2 Å². The molecule has 0 aliphatic heterocycles. The zero-order valence-corrected chi connectivity index (χ0v) is 16.8. The van der Waals surface area contributed by atoms with Crippen molar-refractivity contribution in [2.75, 3.05) is 18.5 Å². The number of Topliss-reactive ketones (excluding diaryl/α,β-unsaturated/α-hetero) is 1. The van der Waals surface area contributed by atoms with Crippen LogP contribution in [-0.4, -0.2) is 45.8 Å². The maximum atomic E-state index is 12.1. The van der Waals surface area contributed by atoms with Crippen LogP contribution in [-0.2, 0) is 9.53 Å². The third kappa shape index (κ3) is 5.96. The first kappa shape index (κ1) is 21.7. The second-order valence-corrected chi connectivity index (χ2v) is 7.24. The number of ketones is 1. The Kier molecular flexibility index (Phi) is 6.47. The van der Waals surface area contributed by atoms with Crippen LogP contribution in [0.4, 0.5) is 11.5 Å². The summed E-state index contributed by atoms with van der Waals surface area (Å²) in [6.45, 7) is 6.31. The molecule has 154 valence electrons. The van der Waals surface area contributed by atoms with Gasteiger partial charge in [0.25, 0.3) is 0 Å². The lowest BCUT2D eigenvalue weighted by molar-refractivity contribution is -0.385. The number of likely N-dealkylation sites (N-methyl/N-ethyl adjacent to an activating group) is 1. The van der Waals surface area contributed by atoms with E-state index in [4.69, 9.17) is 9.47 Å². The molecule has 0 atom stereocenters. The van der Waals surface area contributed by atoms with Crippen LogP contribution >= 0.6 is 0 Å². The molecule has 0 fully saturated rings. The number of hydrogen-bond donors (Lipinski definition) is 0. The molecule has 1 heterocycles. The minimum absolute atomic E-state index is 0.103. The molecule has 0 saturated heterocycles. The molecular formula is C19H22N4O6. The van der Waals surface area contributed by atoms with Gasteiger partial charge in [-0.05, 0) is 39.8 Å². The van der Waals surface area contributed by atoms with Crippen LogP contribution in [0.15, 0.2) is 30.6 Å². The van der Waals surface area contributed by atoms with E-state index in [1.807, 2.05) is 0 Å². The molecule has 0 radical (unpaired) electrons. The Hall–Kier alpha value is -3.56. The first-order valence-corrected chi connectivity index (χ1v) is 8.69. The summed E-state index contributed by atoms with van der Waals surface area (Å²) in [5.41, 5.74) is -0.806. The molecule has 1 aromatic heterocycles. The van der Waals surface area contributed by atoms with E-state index in [9.17, 15) is 19.7 Å². The van der Waals surface area contributed by atoms with Crippen molar-refractivity contribution in [3.63, 3.8) is 0 Å². The highest BCUT2D eigenvalue weighted by Gasteiger charge is 2.29. The molecule has 0 spiro atoms. The predicted octanol–water partition coefficient (Wildman–Crippen LogP) is 3.16. The predicted molar refractivity (Wildman–Crippen MR) is 104 cm³/mol. The first-order chi connectivity index (χ1) is 13.5. The van der Waals surface area contributed by atoms with E-state index in [1.54, 1.807) is 39.0 Å². The molecular weight excluding hydrogens is 380 g/mol. The minimum atomic E-state index is -0.689. The molecule has 0 aliphatic carbocycles. The Morgan fingerprint density at radius 2 is 1.93 bits per heavy atom. The fourth-order valence-electron chi connectivity index (χ4n) is 2.40. The molecule has 0 unspecified atom stereocenters. The normalized spacial score (nSPS) is 10.9. The molecule has 0 amide bonds. The van der Waals surface area contributed by atoms with E-state index in [1.165, 1.54) is 24.9 Å². The van der Waals surface area contributed by atoms with Gasteiger partial charge in [-0.25, -0.2) is 4.98 Å². The number of aromatic nitrogens is 2. The van der Waals surface area contributed by atoms with Crippen LogP contribution in [0.3, 0.4) is 0 Å². The summed E-state index contributed by atoms with van der Waals surface area (Å²) in [5, 5.41) is 11.7. The minimum Gasteiger partial charge on any atom is -0.459 e. The molecule has 0 N–H and O–H groups in total. The maximum absolute atomic E-state index is 12.1. The van der Waals surface area contributed by atoms with Gasteiger partial charge in [0, 0.05) is 12.6 Å². The van der Waals surface area contributed by atoms with Crippen LogP contribution in [0.1, 0.15) is 38.1 Å². The highest BCUT2D eigenvalue weighted by Crippen LogP contribution is 2.35. The van der Waals surface area contributed by atoms with Gasteiger partial charge in [-0.15, -0.1) is 0 Å². The van der Waals surface area contributed by atoms with E-state index in [0.717, 1.165) is 6.33 Å². The van der Waals surface area contributed by atoms with Crippen LogP contribution in [0, 0.1) is 10.1 Å². The average Bonchev–Trinajstić information content (AvgIpc) is 2.59. The molecule has 0 bridgehead atoms. The molecule has 10 heteroatoms. The number of carbonyl (C=O) groups excluding carboxylic acids is 2. The highest BCUT2D eigenvalue weighted by atomic mass is 16.6. The number of anilines is 1. The van der Waals surface area contributed by atoms with Gasteiger partial charge >= 0.3 is 17.5 Å². The van der Waals surface area contributed by atoms with Gasteiger partial charge < -0.3 is 14.4 Å². The summed E-state index contributed by atoms with van der Waals surface area (Å²) in [4.78, 5) is 43.6. The second-order valence-electron chi connectivity index (χ2n) is 7.24. The largest absolute Gasteiger partial charge is 0.459 e. The van der Waals surface area contributed by atoms with E-state index in [2.05, 4.69) is 9.97 Å².